The highest BCUT2D eigenvalue weighted by molar-refractivity contribution is 5.88. The van der Waals surface area contributed by atoms with Crippen molar-refractivity contribution in [3.05, 3.63) is 0 Å². The van der Waals surface area contributed by atoms with Gasteiger partial charge in [0, 0.05) is 12.0 Å². The van der Waals surface area contributed by atoms with Crippen molar-refractivity contribution in [1.82, 2.24) is 4.90 Å². The predicted octanol–water partition coefficient (Wildman–Crippen LogP) is 2.08. The van der Waals surface area contributed by atoms with Crippen LogP contribution in [-0.2, 0) is 4.79 Å². The SMILES string of the molecule is NC(CN(C(=O)C1CCCCC1)C1CCCC1)=NO. The Morgan fingerprint density at radius 3 is 2.26 bits per heavy atom. The van der Waals surface area contributed by atoms with Crippen molar-refractivity contribution in [3.63, 3.8) is 0 Å². The summed E-state index contributed by atoms with van der Waals surface area (Å²) in [6.07, 6.45) is 10.00. The summed E-state index contributed by atoms with van der Waals surface area (Å²) in [6, 6.07) is 0.287. The molecule has 0 saturated heterocycles. The van der Waals surface area contributed by atoms with E-state index < -0.39 is 0 Å². The molecule has 2 aliphatic carbocycles. The van der Waals surface area contributed by atoms with E-state index in [9.17, 15) is 4.79 Å². The Bertz CT molecular complexity index is 332. The maximum absolute atomic E-state index is 12.7. The van der Waals surface area contributed by atoms with Gasteiger partial charge >= 0.3 is 0 Å². The molecule has 2 saturated carbocycles. The summed E-state index contributed by atoms with van der Waals surface area (Å²) in [6.45, 7) is 0.274. The van der Waals surface area contributed by atoms with Crippen LogP contribution in [0.15, 0.2) is 5.16 Å². The Morgan fingerprint density at radius 1 is 1.11 bits per heavy atom. The van der Waals surface area contributed by atoms with Crippen LogP contribution >= 0.6 is 0 Å². The van der Waals surface area contributed by atoms with E-state index in [2.05, 4.69) is 5.16 Å². The van der Waals surface area contributed by atoms with Gasteiger partial charge in [0.1, 0.15) is 0 Å². The number of carbonyl (C=O) groups is 1. The van der Waals surface area contributed by atoms with Crippen molar-refractivity contribution in [2.45, 2.75) is 63.8 Å². The summed E-state index contributed by atoms with van der Waals surface area (Å²) in [5.41, 5.74) is 5.61. The predicted molar refractivity (Wildman–Crippen MR) is 74.0 cm³/mol. The van der Waals surface area contributed by atoms with Crippen LogP contribution in [0.5, 0.6) is 0 Å². The van der Waals surface area contributed by atoms with E-state index in [0.717, 1.165) is 38.5 Å². The van der Waals surface area contributed by atoms with E-state index in [1.54, 1.807) is 0 Å². The molecule has 1 amide bonds. The maximum atomic E-state index is 12.7. The van der Waals surface area contributed by atoms with E-state index in [4.69, 9.17) is 10.9 Å². The zero-order chi connectivity index (χ0) is 13.7. The smallest absolute Gasteiger partial charge is 0.226 e. The lowest BCUT2D eigenvalue weighted by Gasteiger charge is -2.33. The Hall–Kier alpha value is -1.26. The second-order valence-corrected chi connectivity index (χ2v) is 5.83. The standard InChI is InChI=1S/C14H25N3O2/c15-13(16-19)10-17(12-8-4-5-9-12)14(18)11-6-2-1-3-7-11/h11-12,19H,1-10H2,(H2,15,16). The molecular formula is C14H25N3O2. The lowest BCUT2D eigenvalue weighted by Crippen LogP contribution is -2.47. The van der Waals surface area contributed by atoms with Gasteiger partial charge in [-0.05, 0) is 25.7 Å². The summed E-state index contributed by atoms with van der Waals surface area (Å²) in [5.74, 6) is 0.509. The molecule has 0 spiro atoms. The summed E-state index contributed by atoms with van der Waals surface area (Å²) in [4.78, 5) is 14.5. The van der Waals surface area contributed by atoms with Crippen LogP contribution < -0.4 is 5.73 Å². The molecule has 19 heavy (non-hydrogen) atoms. The third kappa shape index (κ3) is 3.61. The molecule has 0 heterocycles. The minimum absolute atomic E-state index is 0.135. The van der Waals surface area contributed by atoms with E-state index >= 15 is 0 Å². The van der Waals surface area contributed by atoms with E-state index in [1.165, 1.54) is 19.3 Å². The van der Waals surface area contributed by atoms with Crippen molar-refractivity contribution in [2.75, 3.05) is 6.54 Å². The molecule has 0 aliphatic heterocycles. The molecule has 3 N–H and O–H groups in total. The van der Waals surface area contributed by atoms with Gasteiger partial charge in [-0.1, -0.05) is 37.3 Å². The summed E-state index contributed by atoms with van der Waals surface area (Å²) in [5, 5.41) is 11.8. The first-order valence-corrected chi connectivity index (χ1v) is 7.49. The number of amides is 1. The number of nitrogens with zero attached hydrogens (tertiary/aromatic N) is 2. The number of hydrogen-bond acceptors (Lipinski definition) is 3. The van der Waals surface area contributed by atoms with Gasteiger partial charge in [0.05, 0.1) is 6.54 Å². The minimum atomic E-state index is 0.135. The second kappa shape index (κ2) is 6.78. The third-order valence-corrected chi connectivity index (χ3v) is 4.46. The highest BCUT2D eigenvalue weighted by atomic mass is 16.4. The molecule has 0 aromatic heterocycles. The molecule has 0 unspecified atom stereocenters. The fourth-order valence-electron chi connectivity index (χ4n) is 3.39. The molecular weight excluding hydrogens is 242 g/mol. The Labute approximate surface area is 114 Å². The molecule has 5 heteroatoms. The Balaban J connectivity index is 2.04. The van der Waals surface area contributed by atoms with Crippen molar-refractivity contribution >= 4 is 11.7 Å². The number of oxime groups is 1. The monoisotopic (exact) mass is 267 g/mol. The largest absolute Gasteiger partial charge is 0.409 e. The zero-order valence-corrected chi connectivity index (χ0v) is 11.6. The van der Waals surface area contributed by atoms with Crippen LogP contribution in [0.3, 0.4) is 0 Å². The highest BCUT2D eigenvalue weighted by Crippen LogP contribution is 2.29. The average molecular weight is 267 g/mol. The Morgan fingerprint density at radius 2 is 1.68 bits per heavy atom. The number of hydrogen-bond donors (Lipinski definition) is 2. The maximum Gasteiger partial charge on any atom is 0.226 e. The number of carbonyl (C=O) groups excluding carboxylic acids is 1. The van der Waals surface area contributed by atoms with Gasteiger partial charge in [-0.3, -0.25) is 4.79 Å². The first-order chi connectivity index (χ1) is 9.22. The van der Waals surface area contributed by atoms with Crippen molar-refractivity contribution in [1.29, 1.82) is 0 Å². The normalized spacial score (nSPS) is 22.6. The van der Waals surface area contributed by atoms with Crippen molar-refractivity contribution in [3.8, 4) is 0 Å². The first-order valence-electron chi connectivity index (χ1n) is 7.49. The van der Waals surface area contributed by atoms with E-state index in [-0.39, 0.29) is 30.2 Å². The third-order valence-electron chi connectivity index (χ3n) is 4.46. The van der Waals surface area contributed by atoms with Gasteiger partial charge < -0.3 is 15.8 Å². The molecule has 108 valence electrons. The first kappa shape index (κ1) is 14.2. The fraction of sp³-hybridized carbons (Fsp3) is 0.857. The summed E-state index contributed by atoms with van der Waals surface area (Å²) < 4.78 is 0. The van der Waals surface area contributed by atoms with Crippen molar-refractivity contribution in [2.24, 2.45) is 16.8 Å². The lowest BCUT2D eigenvalue weighted by atomic mass is 9.88. The fourth-order valence-corrected chi connectivity index (χ4v) is 3.39. The second-order valence-electron chi connectivity index (χ2n) is 5.83. The molecule has 2 aliphatic rings. The van der Waals surface area contributed by atoms with Crippen LogP contribution in [0.4, 0.5) is 0 Å². The minimum Gasteiger partial charge on any atom is -0.409 e. The topological polar surface area (TPSA) is 78.9 Å². The molecule has 0 bridgehead atoms. The molecule has 0 radical (unpaired) electrons. The Kier molecular flexibility index (Phi) is 5.05. The lowest BCUT2D eigenvalue weighted by molar-refractivity contribution is -0.138. The van der Waals surface area contributed by atoms with Crippen LogP contribution in [0, 0.1) is 5.92 Å². The van der Waals surface area contributed by atoms with Crippen molar-refractivity contribution < 1.29 is 10.0 Å². The summed E-state index contributed by atoms with van der Waals surface area (Å²) in [7, 11) is 0. The van der Waals surface area contributed by atoms with Gasteiger partial charge in [0.25, 0.3) is 0 Å². The number of nitrogens with two attached hydrogens (primary N) is 1. The molecule has 0 atom stereocenters. The van der Waals surface area contributed by atoms with Crippen LogP contribution in [0.2, 0.25) is 0 Å². The van der Waals surface area contributed by atoms with Crippen LogP contribution in [-0.4, -0.2) is 34.4 Å². The van der Waals surface area contributed by atoms with Crippen LogP contribution in [0.25, 0.3) is 0 Å². The van der Waals surface area contributed by atoms with Gasteiger partial charge in [0.15, 0.2) is 5.84 Å². The van der Waals surface area contributed by atoms with Gasteiger partial charge in [0.2, 0.25) is 5.91 Å². The molecule has 0 aromatic rings. The van der Waals surface area contributed by atoms with E-state index in [0.29, 0.717) is 0 Å². The molecule has 2 rings (SSSR count). The van der Waals surface area contributed by atoms with E-state index in [1.807, 2.05) is 4.90 Å². The molecule has 0 aromatic carbocycles. The summed E-state index contributed by atoms with van der Waals surface area (Å²) >= 11 is 0. The zero-order valence-electron chi connectivity index (χ0n) is 11.6. The number of amidine groups is 1. The van der Waals surface area contributed by atoms with Crippen LogP contribution in [0.1, 0.15) is 57.8 Å². The van der Waals surface area contributed by atoms with Gasteiger partial charge in [-0.2, -0.15) is 0 Å². The highest BCUT2D eigenvalue weighted by Gasteiger charge is 2.32. The molecule has 5 nitrogen and oxygen atoms in total. The quantitative estimate of drug-likeness (QED) is 0.354. The van der Waals surface area contributed by atoms with Gasteiger partial charge in [-0.25, -0.2) is 0 Å². The number of rotatable bonds is 4. The average Bonchev–Trinajstić information content (AvgIpc) is 2.98. The molecule has 2 fully saturated rings. The van der Waals surface area contributed by atoms with Gasteiger partial charge in [-0.15, -0.1) is 0 Å².